The molecule has 12 heavy (non-hydrogen) atoms. The van der Waals surface area contributed by atoms with E-state index in [2.05, 4.69) is 4.99 Å². The lowest BCUT2D eigenvalue weighted by molar-refractivity contribution is -0.0362. The molecule has 1 saturated heterocycles. The number of aliphatic imine (C=N–C) groups is 1. The average Bonchev–Trinajstić information content (AvgIpc) is 1.81. The molecule has 0 bridgehead atoms. The van der Waals surface area contributed by atoms with E-state index >= 15 is 0 Å². The quantitative estimate of drug-likeness (QED) is 0.437. The van der Waals surface area contributed by atoms with Crippen LogP contribution in [-0.4, -0.2) is 24.2 Å². The smallest absolute Gasteiger partial charge is 0.186 e. The summed E-state index contributed by atoms with van der Waals surface area (Å²) in [5.74, 6) is 0.182. The van der Waals surface area contributed by atoms with Gasteiger partial charge in [0.15, 0.2) is 5.96 Å². The normalized spacial score (nSPS) is 36.0. The van der Waals surface area contributed by atoms with Crippen molar-refractivity contribution in [2.24, 2.45) is 16.5 Å². The zero-order valence-corrected chi connectivity index (χ0v) is 7.66. The van der Waals surface area contributed by atoms with Crippen LogP contribution in [-0.2, 0) is 4.74 Å². The van der Waals surface area contributed by atoms with Crippen molar-refractivity contribution in [2.45, 2.75) is 44.9 Å². The molecule has 2 unspecified atom stereocenters. The van der Waals surface area contributed by atoms with Gasteiger partial charge in [-0.05, 0) is 26.7 Å². The summed E-state index contributed by atoms with van der Waals surface area (Å²) in [6.45, 7) is 4.09. The average molecular weight is 171 g/mol. The van der Waals surface area contributed by atoms with Crippen LogP contribution >= 0.6 is 0 Å². The van der Waals surface area contributed by atoms with Gasteiger partial charge in [0, 0.05) is 0 Å². The molecule has 4 heteroatoms. The first-order chi connectivity index (χ1) is 5.58. The van der Waals surface area contributed by atoms with Crippen LogP contribution in [0.4, 0.5) is 0 Å². The monoisotopic (exact) mass is 171 g/mol. The molecule has 0 aliphatic carbocycles. The van der Waals surface area contributed by atoms with Gasteiger partial charge in [0.2, 0.25) is 0 Å². The first-order valence-electron chi connectivity index (χ1n) is 4.32. The molecule has 4 N–H and O–H groups in total. The van der Waals surface area contributed by atoms with Crippen LogP contribution in [0.1, 0.15) is 26.7 Å². The summed E-state index contributed by atoms with van der Waals surface area (Å²) in [6, 6.07) is 0.244. The van der Waals surface area contributed by atoms with E-state index in [0.717, 1.165) is 12.8 Å². The number of nitrogens with zero attached hydrogens (tertiary/aromatic N) is 1. The molecule has 0 amide bonds. The molecule has 1 aliphatic heterocycles. The Labute approximate surface area is 73.0 Å². The second-order valence-electron chi connectivity index (χ2n) is 3.44. The Morgan fingerprint density at radius 2 is 1.75 bits per heavy atom. The van der Waals surface area contributed by atoms with Gasteiger partial charge in [0.1, 0.15) is 0 Å². The molecule has 0 aromatic rings. The molecule has 1 fully saturated rings. The molecule has 1 rings (SSSR count). The minimum atomic E-state index is 0.182. The molecular weight excluding hydrogens is 154 g/mol. The van der Waals surface area contributed by atoms with Gasteiger partial charge in [-0.2, -0.15) is 0 Å². The summed E-state index contributed by atoms with van der Waals surface area (Å²) in [6.07, 6.45) is 2.37. The maximum atomic E-state index is 5.55. The summed E-state index contributed by atoms with van der Waals surface area (Å²) < 4.78 is 5.55. The van der Waals surface area contributed by atoms with E-state index in [0.29, 0.717) is 0 Å². The zero-order chi connectivity index (χ0) is 9.14. The van der Waals surface area contributed by atoms with E-state index in [1.54, 1.807) is 0 Å². The summed E-state index contributed by atoms with van der Waals surface area (Å²) in [5, 5.41) is 0. The summed E-state index contributed by atoms with van der Waals surface area (Å²) in [4.78, 5) is 4.13. The third-order valence-corrected chi connectivity index (χ3v) is 2.00. The van der Waals surface area contributed by atoms with Crippen LogP contribution < -0.4 is 11.5 Å². The lowest BCUT2D eigenvalue weighted by Crippen LogP contribution is -2.34. The van der Waals surface area contributed by atoms with Crippen molar-refractivity contribution in [3.05, 3.63) is 0 Å². The molecular formula is C8H17N3O. The van der Waals surface area contributed by atoms with E-state index in [-0.39, 0.29) is 24.2 Å². The van der Waals surface area contributed by atoms with Gasteiger partial charge in [-0.25, -0.2) is 0 Å². The predicted molar refractivity (Wildman–Crippen MR) is 48.8 cm³/mol. The standard InChI is InChI=1S/C8H17N3O/c1-5-3-7(11-8(9)10)4-6(2)12-5/h5-7H,3-4H2,1-2H3,(H4,9,10,11). The van der Waals surface area contributed by atoms with E-state index in [1.165, 1.54) is 0 Å². The van der Waals surface area contributed by atoms with E-state index < -0.39 is 0 Å². The first kappa shape index (κ1) is 9.32. The maximum Gasteiger partial charge on any atom is 0.186 e. The van der Waals surface area contributed by atoms with Crippen LogP contribution in [0.25, 0.3) is 0 Å². The van der Waals surface area contributed by atoms with Gasteiger partial charge in [0.05, 0.1) is 18.2 Å². The van der Waals surface area contributed by atoms with Crippen molar-refractivity contribution < 1.29 is 4.74 Å². The van der Waals surface area contributed by atoms with E-state index in [1.807, 2.05) is 13.8 Å². The van der Waals surface area contributed by atoms with Crippen LogP contribution in [0, 0.1) is 0 Å². The number of ether oxygens (including phenoxy) is 1. The topological polar surface area (TPSA) is 73.6 Å². The van der Waals surface area contributed by atoms with Crippen LogP contribution in [0.2, 0.25) is 0 Å². The van der Waals surface area contributed by atoms with E-state index in [4.69, 9.17) is 16.2 Å². The van der Waals surface area contributed by atoms with E-state index in [9.17, 15) is 0 Å². The second-order valence-corrected chi connectivity index (χ2v) is 3.44. The second kappa shape index (κ2) is 3.76. The fourth-order valence-corrected chi connectivity index (χ4v) is 1.69. The third kappa shape index (κ3) is 2.70. The molecule has 0 aromatic heterocycles. The summed E-state index contributed by atoms with van der Waals surface area (Å²) in [5.41, 5.74) is 10.6. The fraction of sp³-hybridized carbons (Fsp3) is 0.875. The molecule has 1 aliphatic rings. The van der Waals surface area contributed by atoms with Gasteiger partial charge >= 0.3 is 0 Å². The number of nitrogens with two attached hydrogens (primary N) is 2. The molecule has 0 radical (unpaired) electrons. The molecule has 0 aromatic carbocycles. The maximum absolute atomic E-state index is 5.55. The molecule has 70 valence electrons. The Morgan fingerprint density at radius 1 is 1.25 bits per heavy atom. The molecule has 4 nitrogen and oxygen atoms in total. The number of rotatable bonds is 1. The van der Waals surface area contributed by atoms with Gasteiger partial charge in [-0.1, -0.05) is 0 Å². The van der Waals surface area contributed by atoms with Gasteiger partial charge in [-0.15, -0.1) is 0 Å². The van der Waals surface area contributed by atoms with Crippen molar-refractivity contribution in [1.82, 2.24) is 0 Å². The molecule has 0 spiro atoms. The molecule has 1 heterocycles. The Balaban J connectivity index is 2.50. The molecule has 2 atom stereocenters. The highest BCUT2D eigenvalue weighted by molar-refractivity contribution is 5.75. The van der Waals surface area contributed by atoms with Crippen molar-refractivity contribution in [1.29, 1.82) is 0 Å². The fourth-order valence-electron chi connectivity index (χ4n) is 1.69. The van der Waals surface area contributed by atoms with Crippen LogP contribution in [0.5, 0.6) is 0 Å². The lowest BCUT2D eigenvalue weighted by atomic mass is 10.0. The van der Waals surface area contributed by atoms with Gasteiger partial charge in [-0.3, -0.25) is 4.99 Å². The first-order valence-corrected chi connectivity index (χ1v) is 4.32. The van der Waals surface area contributed by atoms with Gasteiger partial charge < -0.3 is 16.2 Å². The highest BCUT2D eigenvalue weighted by Crippen LogP contribution is 2.21. The summed E-state index contributed by atoms with van der Waals surface area (Å²) >= 11 is 0. The Bertz CT molecular complexity index is 167. The molecule has 0 saturated carbocycles. The SMILES string of the molecule is CC1CC(N=C(N)N)CC(C)O1. The third-order valence-electron chi connectivity index (χ3n) is 2.00. The van der Waals surface area contributed by atoms with Crippen molar-refractivity contribution >= 4 is 5.96 Å². The van der Waals surface area contributed by atoms with Gasteiger partial charge in [0.25, 0.3) is 0 Å². The Kier molecular flexibility index (Phi) is 2.92. The zero-order valence-electron chi connectivity index (χ0n) is 7.66. The Hall–Kier alpha value is -0.770. The van der Waals surface area contributed by atoms with Crippen molar-refractivity contribution in [3.8, 4) is 0 Å². The van der Waals surface area contributed by atoms with Crippen LogP contribution in [0.15, 0.2) is 4.99 Å². The highest BCUT2D eigenvalue weighted by atomic mass is 16.5. The largest absolute Gasteiger partial charge is 0.375 e. The number of guanidine groups is 1. The van der Waals surface area contributed by atoms with Crippen LogP contribution in [0.3, 0.4) is 0 Å². The minimum Gasteiger partial charge on any atom is -0.375 e. The number of hydrogen-bond donors (Lipinski definition) is 2. The van der Waals surface area contributed by atoms with Crippen molar-refractivity contribution in [3.63, 3.8) is 0 Å². The van der Waals surface area contributed by atoms with Crippen molar-refractivity contribution in [2.75, 3.05) is 0 Å². The minimum absolute atomic E-state index is 0.182. The lowest BCUT2D eigenvalue weighted by Gasteiger charge is -2.29. The predicted octanol–water partition coefficient (Wildman–Crippen LogP) is 0.216. The summed E-state index contributed by atoms with van der Waals surface area (Å²) in [7, 11) is 0. The number of hydrogen-bond acceptors (Lipinski definition) is 2. The Morgan fingerprint density at radius 3 is 2.17 bits per heavy atom. The highest BCUT2D eigenvalue weighted by Gasteiger charge is 2.23.